The number of aromatic nitrogens is 2. The van der Waals surface area contributed by atoms with E-state index >= 15 is 0 Å². The Balaban J connectivity index is 2.45. The summed E-state index contributed by atoms with van der Waals surface area (Å²) in [4.78, 5) is 19.5. The second kappa shape index (κ2) is 6.32. The van der Waals surface area contributed by atoms with Crippen molar-refractivity contribution in [3.8, 4) is 0 Å². The number of rotatable bonds is 5. The van der Waals surface area contributed by atoms with Crippen LogP contribution in [0, 0.1) is 3.57 Å². The normalized spacial score (nSPS) is 17.8. The molecule has 1 heterocycles. The van der Waals surface area contributed by atoms with Gasteiger partial charge < -0.3 is 14.5 Å². The van der Waals surface area contributed by atoms with Gasteiger partial charge in [0.15, 0.2) is 0 Å². The van der Waals surface area contributed by atoms with Crippen LogP contribution in [-0.4, -0.2) is 23.7 Å². The highest BCUT2D eigenvalue weighted by atomic mass is 127. The van der Waals surface area contributed by atoms with Gasteiger partial charge in [0.05, 0.1) is 12.3 Å². The van der Waals surface area contributed by atoms with Gasteiger partial charge in [-0.05, 0) is 55.2 Å². The Morgan fingerprint density at radius 1 is 1.42 bits per heavy atom. The molecule has 0 amide bonds. The number of methoxy groups -OCH3 is 1. The van der Waals surface area contributed by atoms with Crippen molar-refractivity contribution in [3.63, 3.8) is 0 Å². The number of hydrogen-bond acceptors (Lipinski definition) is 4. The highest BCUT2D eigenvalue weighted by Gasteiger charge is 2.39. The van der Waals surface area contributed by atoms with Gasteiger partial charge in [0.25, 0.3) is 5.56 Å². The molecule has 6 heteroatoms. The molecule has 0 radical (unpaired) electrons. The van der Waals surface area contributed by atoms with Gasteiger partial charge in [-0.25, -0.2) is 4.98 Å². The molecule has 1 fully saturated rings. The summed E-state index contributed by atoms with van der Waals surface area (Å²) in [5, 5.41) is 0. The monoisotopic (exact) mass is 378 g/mol. The minimum absolute atomic E-state index is 0.108. The maximum atomic E-state index is 12.0. The third-order valence-corrected chi connectivity index (χ3v) is 4.59. The van der Waals surface area contributed by atoms with Crippen LogP contribution in [0.5, 0.6) is 0 Å². The Morgan fingerprint density at radius 3 is 2.68 bits per heavy atom. The molecule has 2 rings (SSSR count). The minimum atomic E-state index is -0.416. The molecule has 1 saturated carbocycles. The lowest BCUT2D eigenvalue weighted by Crippen LogP contribution is -2.33. The summed E-state index contributed by atoms with van der Waals surface area (Å²) in [6.07, 6.45) is 4.04. The maximum Gasteiger partial charge on any atom is 0.264 e. The second-order valence-electron chi connectivity index (χ2n) is 4.74. The predicted octanol–water partition coefficient (Wildman–Crippen LogP) is 2.33. The lowest BCUT2D eigenvalue weighted by Gasteiger charge is -2.28. The van der Waals surface area contributed by atoms with Crippen molar-refractivity contribution in [2.24, 2.45) is 0 Å². The van der Waals surface area contributed by atoms with E-state index in [4.69, 9.17) is 9.47 Å². The summed E-state index contributed by atoms with van der Waals surface area (Å²) < 4.78 is 11.6. The molecule has 0 unspecified atom stereocenters. The smallest absolute Gasteiger partial charge is 0.264 e. The Bertz CT molecular complexity index is 495. The molecule has 1 aromatic rings. The lowest BCUT2D eigenvalue weighted by atomic mass is 10.0. The van der Waals surface area contributed by atoms with Crippen molar-refractivity contribution in [1.29, 1.82) is 0 Å². The van der Waals surface area contributed by atoms with Gasteiger partial charge in [-0.2, -0.15) is 0 Å². The maximum absolute atomic E-state index is 12.0. The molecule has 0 atom stereocenters. The Morgan fingerprint density at radius 2 is 2.11 bits per heavy atom. The molecule has 0 saturated heterocycles. The van der Waals surface area contributed by atoms with Gasteiger partial charge >= 0.3 is 0 Å². The zero-order valence-electron chi connectivity index (χ0n) is 11.3. The Kier molecular flexibility index (Phi) is 4.97. The predicted molar refractivity (Wildman–Crippen MR) is 80.1 cm³/mol. The van der Waals surface area contributed by atoms with E-state index in [0.29, 0.717) is 28.3 Å². The first-order valence-corrected chi connectivity index (χ1v) is 7.63. The SMILES string of the molecule is CCOC1(c2nc(COC)c(I)c(=O)[nH]2)CCCC1. The van der Waals surface area contributed by atoms with Crippen LogP contribution in [-0.2, 0) is 21.7 Å². The molecule has 0 bridgehead atoms. The van der Waals surface area contributed by atoms with Gasteiger partial charge in [-0.3, -0.25) is 4.79 Å². The number of hydrogen-bond donors (Lipinski definition) is 1. The van der Waals surface area contributed by atoms with E-state index in [1.807, 2.05) is 29.5 Å². The van der Waals surface area contributed by atoms with Crippen LogP contribution in [0.4, 0.5) is 0 Å². The number of ether oxygens (including phenoxy) is 2. The highest BCUT2D eigenvalue weighted by molar-refractivity contribution is 14.1. The van der Waals surface area contributed by atoms with Crippen molar-refractivity contribution in [2.75, 3.05) is 13.7 Å². The fourth-order valence-electron chi connectivity index (χ4n) is 2.63. The van der Waals surface area contributed by atoms with Crippen LogP contribution in [0.3, 0.4) is 0 Å². The van der Waals surface area contributed by atoms with Crippen LogP contribution < -0.4 is 5.56 Å². The number of nitrogens with zero attached hydrogens (tertiary/aromatic N) is 1. The van der Waals surface area contributed by atoms with E-state index in [0.717, 1.165) is 25.7 Å². The lowest BCUT2D eigenvalue weighted by molar-refractivity contribution is -0.0462. The summed E-state index contributed by atoms with van der Waals surface area (Å²) in [6, 6.07) is 0. The summed E-state index contributed by atoms with van der Waals surface area (Å²) in [6.45, 7) is 2.94. The van der Waals surface area contributed by atoms with Crippen molar-refractivity contribution >= 4 is 22.6 Å². The van der Waals surface area contributed by atoms with Crippen LogP contribution in [0.25, 0.3) is 0 Å². The van der Waals surface area contributed by atoms with Gasteiger partial charge in [-0.1, -0.05) is 0 Å². The molecule has 5 nitrogen and oxygen atoms in total. The van der Waals surface area contributed by atoms with Gasteiger partial charge in [-0.15, -0.1) is 0 Å². The standard InChI is InChI=1S/C13H19IN2O3/c1-3-19-13(6-4-5-7-13)12-15-9(8-18-2)10(14)11(17)16-12/h3-8H2,1-2H3,(H,15,16,17). The number of aromatic amines is 1. The Hall–Kier alpha value is -0.470. The largest absolute Gasteiger partial charge is 0.378 e. The van der Waals surface area contributed by atoms with Gasteiger partial charge in [0, 0.05) is 13.7 Å². The summed E-state index contributed by atoms with van der Waals surface area (Å²) >= 11 is 2.01. The van der Waals surface area contributed by atoms with Crippen LogP contribution >= 0.6 is 22.6 Å². The zero-order valence-corrected chi connectivity index (χ0v) is 13.5. The summed E-state index contributed by atoms with van der Waals surface area (Å²) in [5.41, 5.74) is 0.164. The molecule has 0 spiro atoms. The van der Waals surface area contributed by atoms with Crippen molar-refractivity contribution in [2.45, 2.75) is 44.8 Å². The van der Waals surface area contributed by atoms with Gasteiger partial charge in [0.2, 0.25) is 0 Å². The van der Waals surface area contributed by atoms with E-state index in [-0.39, 0.29) is 5.56 Å². The molecule has 1 aliphatic carbocycles. The van der Waals surface area contributed by atoms with E-state index in [2.05, 4.69) is 9.97 Å². The number of nitrogens with one attached hydrogen (secondary N) is 1. The highest BCUT2D eigenvalue weighted by Crippen LogP contribution is 2.40. The molecule has 1 aliphatic rings. The first kappa shape index (κ1) is 14.9. The van der Waals surface area contributed by atoms with Gasteiger partial charge in [0.1, 0.15) is 15.0 Å². The Labute approximate surface area is 126 Å². The van der Waals surface area contributed by atoms with Crippen LogP contribution in [0.15, 0.2) is 4.79 Å². The fraction of sp³-hybridized carbons (Fsp3) is 0.692. The third-order valence-electron chi connectivity index (χ3n) is 3.48. The first-order chi connectivity index (χ1) is 9.13. The molecule has 1 N–H and O–H groups in total. The number of halogens is 1. The quantitative estimate of drug-likeness (QED) is 0.799. The molecule has 0 aromatic carbocycles. The van der Waals surface area contributed by atoms with Crippen LogP contribution in [0.2, 0.25) is 0 Å². The summed E-state index contributed by atoms with van der Waals surface area (Å²) in [5.74, 6) is 0.657. The average molecular weight is 378 g/mol. The fourth-order valence-corrected chi connectivity index (χ4v) is 3.04. The number of H-pyrrole nitrogens is 1. The van der Waals surface area contributed by atoms with Crippen molar-refractivity contribution < 1.29 is 9.47 Å². The van der Waals surface area contributed by atoms with Crippen molar-refractivity contribution in [3.05, 3.63) is 25.4 Å². The molecular formula is C13H19IN2O3. The third kappa shape index (κ3) is 3.00. The first-order valence-electron chi connectivity index (χ1n) is 6.55. The van der Waals surface area contributed by atoms with Crippen LogP contribution in [0.1, 0.15) is 44.1 Å². The van der Waals surface area contributed by atoms with Crippen molar-refractivity contribution in [1.82, 2.24) is 9.97 Å². The molecule has 19 heavy (non-hydrogen) atoms. The molecular weight excluding hydrogens is 359 g/mol. The van der Waals surface area contributed by atoms with E-state index < -0.39 is 5.60 Å². The molecule has 106 valence electrons. The van der Waals surface area contributed by atoms with E-state index in [1.54, 1.807) is 7.11 Å². The average Bonchev–Trinajstić information content (AvgIpc) is 2.85. The zero-order chi connectivity index (χ0) is 13.9. The summed E-state index contributed by atoms with van der Waals surface area (Å²) in [7, 11) is 1.60. The molecule has 0 aliphatic heterocycles. The minimum Gasteiger partial charge on any atom is -0.378 e. The van der Waals surface area contributed by atoms with E-state index in [1.165, 1.54) is 0 Å². The topological polar surface area (TPSA) is 64.2 Å². The van der Waals surface area contributed by atoms with E-state index in [9.17, 15) is 4.79 Å². The second-order valence-corrected chi connectivity index (χ2v) is 5.82. The molecule has 1 aromatic heterocycles.